The Morgan fingerprint density at radius 2 is 1.55 bits per heavy atom. The number of carbonyl (C=O) groups excluding carboxylic acids is 2. The Bertz CT molecular complexity index is 1570. The van der Waals surface area contributed by atoms with Gasteiger partial charge in [0, 0.05) is 34.8 Å². The lowest BCUT2D eigenvalue weighted by Gasteiger charge is -2.18. The highest BCUT2D eigenvalue weighted by molar-refractivity contribution is 7.14. The highest BCUT2D eigenvalue weighted by Gasteiger charge is 2.24. The van der Waals surface area contributed by atoms with Gasteiger partial charge in [0.05, 0.1) is 4.88 Å². The summed E-state index contributed by atoms with van der Waals surface area (Å²) in [5.41, 5.74) is 4.66. The molecule has 0 radical (unpaired) electrons. The monoisotopic (exact) mass is 582 g/mol. The summed E-state index contributed by atoms with van der Waals surface area (Å²) < 4.78 is 0. The van der Waals surface area contributed by atoms with Crippen molar-refractivity contribution in [2.75, 3.05) is 6.54 Å². The summed E-state index contributed by atoms with van der Waals surface area (Å²) in [6.07, 6.45) is 7.67. The molecule has 0 spiro atoms. The molecule has 2 aromatic carbocycles. The molecule has 4 aromatic rings. The number of aryl methyl sites for hydroxylation is 1. The molecule has 0 aliphatic heterocycles. The second-order valence-electron chi connectivity index (χ2n) is 11.0. The number of hydrogen-bond acceptors (Lipinski definition) is 6. The SMILES string of the molecule is Cc1ccc(/C=C/c2cnc(-c3ccc(CC(NC(=O)c4ccc(C(C)(C)C)s4)C(=O)NCC(=O)O)cc3)nc2)cc1. The van der Waals surface area contributed by atoms with Crippen LogP contribution in [0.2, 0.25) is 0 Å². The average molecular weight is 583 g/mol. The molecule has 4 rings (SSSR count). The van der Waals surface area contributed by atoms with E-state index in [4.69, 9.17) is 5.11 Å². The third-order valence-corrected chi connectivity index (χ3v) is 7.98. The number of carboxylic acid groups (broad SMARTS) is 1. The standard InChI is InChI=1S/C33H34N4O4S/c1-21-5-7-22(8-6-21)9-10-24-18-34-30(35-19-24)25-13-11-23(12-14-25)17-26(31(40)36-20-29(38)39)37-32(41)27-15-16-28(42-27)33(2,3)4/h5-16,18-19,26H,17,20H2,1-4H3,(H,36,40)(H,37,41)(H,38,39)/b10-9+. The predicted molar refractivity (Wildman–Crippen MR) is 166 cm³/mol. The minimum absolute atomic E-state index is 0.106. The van der Waals surface area contributed by atoms with E-state index in [9.17, 15) is 14.4 Å². The molecule has 9 heteroatoms. The molecule has 2 heterocycles. The van der Waals surface area contributed by atoms with Gasteiger partial charge < -0.3 is 15.7 Å². The zero-order valence-corrected chi connectivity index (χ0v) is 24.9. The Hall–Kier alpha value is -4.63. The first-order valence-electron chi connectivity index (χ1n) is 13.5. The lowest BCUT2D eigenvalue weighted by molar-refractivity contribution is -0.138. The van der Waals surface area contributed by atoms with E-state index in [0.29, 0.717) is 10.7 Å². The van der Waals surface area contributed by atoms with Crippen LogP contribution in [-0.2, 0) is 21.4 Å². The van der Waals surface area contributed by atoms with Gasteiger partial charge in [0.25, 0.3) is 5.91 Å². The Balaban J connectivity index is 1.44. The van der Waals surface area contributed by atoms with Gasteiger partial charge in [0.2, 0.25) is 5.91 Å². The number of carbonyl (C=O) groups is 3. The van der Waals surface area contributed by atoms with Crippen LogP contribution < -0.4 is 10.6 Å². The van der Waals surface area contributed by atoms with Gasteiger partial charge in [-0.25, -0.2) is 9.97 Å². The molecule has 3 N–H and O–H groups in total. The number of thiophene rings is 1. The maximum absolute atomic E-state index is 13.0. The van der Waals surface area contributed by atoms with Crippen LogP contribution in [0.15, 0.2) is 73.1 Å². The summed E-state index contributed by atoms with van der Waals surface area (Å²) >= 11 is 1.37. The van der Waals surface area contributed by atoms with Crippen molar-refractivity contribution in [3.05, 3.63) is 105 Å². The molecule has 0 aliphatic rings. The highest BCUT2D eigenvalue weighted by Crippen LogP contribution is 2.29. The number of amides is 2. The van der Waals surface area contributed by atoms with E-state index < -0.39 is 24.5 Å². The van der Waals surface area contributed by atoms with Gasteiger partial charge in [-0.1, -0.05) is 87.0 Å². The van der Waals surface area contributed by atoms with Crippen LogP contribution >= 0.6 is 11.3 Å². The van der Waals surface area contributed by atoms with Crippen LogP contribution in [-0.4, -0.2) is 45.4 Å². The van der Waals surface area contributed by atoms with Crippen molar-refractivity contribution < 1.29 is 19.5 Å². The van der Waals surface area contributed by atoms with Gasteiger partial charge in [0.1, 0.15) is 12.6 Å². The number of hydrogen-bond donors (Lipinski definition) is 3. The highest BCUT2D eigenvalue weighted by atomic mass is 32.1. The van der Waals surface area contributed by atoms with E-state index in [1.807, 2.05) is 42.5 Å². The quantitative estimate of drug-likeness (QED) is 0.226. The number of carboxylic acids is 1. The van der Waals surface area contributed by atoms with E-state index >= 15 is 0 Å². The topological polar surface area (TPSA) is 121 Å². The van der Waals surface area contributed by atoms with Crippen molar-refractivity contribution >= 4 is 41.3 Å². The van der Waals surface area contributed by atoms with Gasteiger partial charge >= 0.3 is 5.97 Å². The number of nitrogens with zero attached hydrogens (tertiary/aromatic N) is 2. The van der Waals surface area contributed by atoms with Gasteiger partial charge in [-0.2, -0.15) is 0 Å². The second kappa shape index (κ2) is 13.4. The van der Waals surface area contributed by atoms with Crippen molar-refractivity contribution in [1.29, 1.82) is 0 Å². The third-order valence-electron chi connectivity index (χ3n) is 6.47. The molecule has 216 valence electrons. The zero-order chi connectivity index (χ0) is 30.3. The smallest absolute Gasteiger partial charge is 0.322 e. The third kappa shape index (κ3) is 8.44. The van der Waals surface area contributed by atoms with Crippen LogP contribution in [0.1, 0.15) is 57.6 Å². The molecule has 0 fully saturated rings. The molecule has 8 nitrogen and oxygen atoms in total. The van der Waals surface area contributed by atoms with Crippen LogP contribution in [0.25, 0.3) is 23.5 Å². The molecule has 1 atom stereocenters. The maximum Gasteiger partial charge on any atom is 0.322 e. The first kappa shape index (κ1) is 30.3. The molecule has 1 unspecified atom stereocenters. The number of benzene rings is 2. The molecular formula is C33H34N4O4S. The lowest BCUT2D eigenvalue weighted by atomic mass is 9.95. The van der Waals surface area contributed by atoms with E-state index in [-0.39, 0.29) is 17.7 Å². The number of aromatic nitrogens is 2. The van der Waals surface area contributed by atoms with E-state index in [2.05, 4.69) is 72.6 Å². The van der Waals surface area contributed by atoms with Crippen molar-refractivity contribution in [2.24, 2.45) is 0 Å². The van der Waals surface area contributed by atoms with E-state index in [1.54, 1.807) is 18.5 Å². The summed E-state index contributed by atoms with van der Waals surface area (Å²) in [4.78, 5) is 47.4. The van der Waals surface area contributed by atoms with Crippen molar-refractivity contribution in [3.63, 3.8) is 0 Å². The van der Waals surface area contributed by atoms with Gasteiger partial charge in [-0.05, 0) is 35.6 Å². The summed E-state index contributed by atoms with van der Waals surface area (Å²) in [6.45, 7) is 7.71. The summed E-state index contributed by atoms with van der Waals surface area (Å²) in [5.74, 6) is -1.56. The Labute approximate surface area is 249 Å². The maximum atomic E-state index is 13.0. The Kier molecular flexibility index (Phi) is 9.64. The molecule has 0 saturated heterocycles. The van der Waals surface area contributed by atoms with Crippen molar-refractivity contribution in [3.8, 4) is 11.4 Å². The summed E-state index contributed by atoms with van der Waals surface area (Å²) in [6, 6.07) is 18.3. The fourth-order valence-corrected chi connectivity index (χ4v) is 5.02. The Morgan fingerprint density at radius 1 is 0.905 bits per heavy atom. The number of nitrogens with one attached hydrogen (secondary N) is 2. The van der Waals surface area contributed by atoms with Crippen LogP contribution in [0.4, 0.5) is 0 Å². The lowest BCUT2D eigenvalue weighted by Crippen LogP contribution is -2.49. The number of rotatable bonds is 10. The van der Waals surface area contributed by atoms with Crippen LogP contribution in [0.5, 0.6) is 0 Å². The van der Waals surface area contributed by atoms with Crippen molar-refractivity contribution in [1.82, 2.24) is 20.6 Å². The zero-order valence-electron chi connectivity index (χ0n) is 24.0. The van der Waals surface area contributed by atoms with Gasteiger partial charge in [-0.3, -0.25) is 14.4 Å². The van der Waals surface area contributed by atoms with E-state index in [1.165, 1.54) is 16.9 Å². The number of aliphatic carboxylic acids is 1. The average Bonchev–Trinajstić information content (AvgIpc) is 3.48. The first-order valence-corrected chi connectivity index (χ1v) is 14.4. The predicted octanol–water partition coefficient (Wildman–Crippen LogP) is 5.52. The summed E-state index contributed by atoms with van der Waals surface area (Å²) in [5, 5.41) is 14.2. The second-order valence-corrected chi connectivity index (χ2v) is 12.1. The minimum Gasteiger partial charge on any atom is -0.480 e. The molecule has 2 aromatic heterocycles. The molecule has 2 amide bonds. The first-order chi connectivity index (χ1) is 20.0. The molecule has 0 aliphatic carbocycles. The largest absolute Gasteiger partial charge is 0.480 e. The van der Waals surface area contributed by atoms with Gasteiger partial charge in [-0.15, -0.1) is 11.3 Å². The van der Waals surface area contributed by atoms with Crippen LogP contribution in [0, 0.1) is 6.92 Å². The van der Waals surface area contributed by atoms with Gasteiger partial charge in [0.15, 0.2) is 5.82 Å². The molecule has 0 saturated carbocycles. The Morgan fingerprint density at radius 3 is 2.14 bits per heavy atom. The molecule has 42 heavy (non-hydrogen) atoms. The van der Waals surface area contributed by atoms with E-state index in [0.717, 1.165) is 27.1 Å². The van der Waals surface area contributed by atoms with Crippen molar-refractivity contribution in [2.45, 2.75) is 45.6 Å². The minimum atomic E-state index is -1.16. The molecular weight excluding hydrogens is 548 g/mol. The molecule has 0 bridgehead atoms. The normalized spacial score (nSPS) is 12.2. The summed E-state index contributed by atoms with van der Waals surface area (Å²) in [7, 11) is 0. The fourth-order valence-electron chi connectivity index (χ4n) is 4.06. The van der Waals surface area contributed by atoms with Crippen LogP contribution in [0.3, 0.4) is 0 Å². The fraction of sp³-hybridized carbons (Fsp3) is 0.242.